The maximum Gasteiger partial charge on any atom is 0.100 e. The highest BCUT2D eigenvalue weighted by Crippen LogP contribution is 2.43. The molecule has 0 amide bonds. The molecule has 44 heavy (non-hydrogen) atoms. The van der Waals surface area contributed by atoms with Crippen molar-refractivity contribution in [3.8, 4) is 0 Å². The first-order valence-corrected chi connectivity index (χ1v) is 17.5. The van der Waals surface area contributed by atoms with Gasteiger partial charge in [-0.1, -0.05) is 17.7 Å². The third-order valence-corrected chi connectivity index (χ3v) is 11.0. The van der Waals surface area contributed by atoms with E-state index < -0.39 is 24.7 Å². The van der Waals surface area contributed by atoms with Crippen LogP contribution in [0, 0.1) is 29.6 Å². The molecule has 6 rings (SSSR count). The number of aromatic nitrogens is 2. The number of alkyl halides is 4. The van der Waals surface area contributed by atoms with Crippen molar-refractivity contribution >= 4 is 6.08 Å². The van der Waals surface area contributed by atoms with Crippen LogP contribution < -0.4 is 0 Å². The van der Waals surface area contributed by atoms with Gasteiger partial charge in [-0.15, -0.1) is 0 Å². The van der Waals surface area contributed by atoms with Crippen LogP contribution in [0.1, 0.15) is 114 Å². The number of rotatable bonds is 7. The molecule has 0 aromatic carbocycles. The summed E-state index contributed by atoms with van der Waals surface area (Å²) >= 11 is 0. The number of nitrogens with zero attached hydrogens (tertiary/aromatic N) is 2. The number of hydrogen-bond acceptors (Lipinski definition) is 2. The minimum absolute atomic E-state index is 0.454. The zero-order chi connectivity index (χ0) is 30.7. The number of halogens is 4. The summed E-state index contributed by atoms with van der Waals surface area (Å²) in [5.74, 6) is 2.64. The van der Waals surface area contributed by atoms with Crippen molar-refractivity contribution < 1.29 is 17.6 Å². The maximum absolute atomic E-state index is 13.5. The Kier molecular flexibility index (Phi) is 12.7. The average molecular weight is 613 g/mol. The molecule has 0 N–H and O–H groups in total. The molecule has 4 saturated carbocycles. The molecule has 2 heterocycles. The van der Waals surface area contributed by atoms with E-state index in [-0.39, 0.29) is 0 Å². The van der Waals surface area contributed by atoms with Gasteiger partial charge in [0, 0.05) is 18.1 Å². The maximum atomic E-state index is 13.5. The molecule has 0 radical (unpaired) electrons. The lowest BCUT2D eigenvalue weighted by Gasteiger charge is -2.39. The first-order chi connectivity index (χ1) is 21.4. The van der Waals surface area contributed by atoms with Crippen LogP contribution in [-0.4, -0.2) is 34.7 Å². The largest absolute Gasteiger partial charge is 0.261 e. The molecular formula is C38H52F4N2. The van der Waals surface area contributed by atoms with Gasteiger partial charge in [0.25, 0.3) is 0 Å². The predicted octanol–water partition coefficient (Wildman–Crippen LogP) is 10.8. The summed E-state index contributed by atoms with van der Waals surface area (Å²) in [4.78, 5) is 8.90. The van der Waals surface area contributed by atoms with Gasteiger partial charge < -0.3 is 0 Å². The lowest BCUT2D eigenvalue weighted by Crippen LogP contribution is -2.32. The van der Waals surface area contributed by atoms with Gasteiger partial charge in [-0.25, -0.2) is 17.6 Å². The Bertz CT molecular complexity index is 1050. The van der Waals surface area contributed by atoms with Gasteiger partial charge in [-0.2, -0.15) is 0 Å². The van der Waals surface area contributed by atoms with Crippen molar-refractivity contribution in [1.82, 2.24) is 9.97 Å². The van der Waals surface area contributed by atoms with Gasteiger partial charge >= 0.3 is 0 Å². The lowest BCUT2D eigenvalue weighted by molar-refractivity contribution is 0.0920. The smallest absolute Gasteiger partial charge is 0.100 e. The van der Waals surface area contributed by atoms with Crippen molar-refractivity contribution in [2.45, 2.75) is 134 Å². The first-order valence-electron chi connectivity index (χ1n) is 17.5. The quantitative estimate of drug-likeness (QED) is 0.291. The normalized spacial score (nSPS) is 33.4. The molecule has 0 aliphatic heterocycles. The Morgan fingerprint density at radius 2 is 1.00 bits per heavy atom. The molecule has 0 unspecified atom stereocenters. The Morgan fingerprint density at radius 3 is 1.41 bits per heavy atom. The van der Waals surface area contributed by atoms with E-state index in [0.717, 1.165) is 69.2 Å². The summed E-state index contributed by atoms with van der Waals surface area (Å²) in [6, 6.07) is 12.0. The van der Waals surface area contributed by atoms with Gasteiger partial charge in [0.05, 0.1) is 5.69 Å². The summed E-state index contributed by atoms with van der Waals surface area (Å²) in [6.07, 6.45) is 17.6. The van der Waals surface area contributed by atoms with Gasteiger partial charge in [0.2, 0.25) is 0 Å². The second kappa shape index (κ2) is 16.9. The van der Waals surface area contributed by atoms with Crippen molar-refractivity contribution in [1.29, 1.82) is 0 Å². The zero-order valence-corrected chi connectivity index (χ0v) is 26.3. The molecule has 6 heteroatoms. The van der Waals surface area contributed by atoms with Gasteiger partial charge in [-0.05, 0) is 169 Å². The SMILES string of the molecule is FC1CCC(C(=Cc2ccccn2)C2CCC(F)CC2)CC1.FC1CCC(C(Cc2ccccn2)C2CCC(F)CC2)CC1. The highest BCUT2D eigenvalue weighted by atomic mass is 19.1. The van der Waals surface area contributed by atoms with Crippen LogP contribution in [0.5, 0.6) is 0 Å². The molecule has 4 aliphatic carbocycles. The van der Waals surface area contributed by atoms with E-state index in [4.69, 9.17) is 0 Å². The Labute approximate surface area is 262 Å². The Balaban J connectivity index is 0.000000175. The third kappa shape index (κ3) is 9.88. The van der Waals surface area contributed by atoms with Crippen LogP contribution in [0.25, 0.3) is 6.08 Å². The Morgan fingerprint density at radius 1 is 0.568 bits per heavy atom. The molecule has 2 aromatic rings. The lowest BCUT2D eigenvalue weighted by atomic mass is 9.67. The molecule has 2 aromatic heterocycles. The fraction of sp³-hybridized carbons (Fsp3) is 0.684. The van der Waals surface area contributed by atoms with Gasteiger partial charge in [0.1, 0.15) is 24.7 Å². The fourth-order valence-electron chi connectivity index (χ4n) is 8.47. The fourth-order valence-corrected chi connectivity index (χ4v) is 8.47. The molecule has 0 bridgehead atoms. The number of allylic oxidation sites excluding steroid dienone is 1. The topological polar surface area (TPSA) is 25.8 Å². The molecule has 4 aliphatic rings. The van der Waals surface area contributed by atoms with E-state index >= 15 is 0 Å². The molecule has 0 saturated heterocycles. The van der Waals surface area contributed by atoms with E-state index in [1.807, 2.05) is 36.5 Å². The monoisotopic (exact) mass is 612 g/mol. The molecule has 4 fully saturated rings. The summed E-state index contributed by atoms with van der Waals surface area (Å²) in [5.41, 5.74) is 3.51. The molecule has 0 spiro atoms. The van der Waals surface area contributed by atoms with Crippen molar-refractivity contribution in [2.75, 3.05) is 0 Å². The van der Waals surface area contributed by atoms with E-state index in [0.29, 0.717) is 81.0 Å². The standard InChI is InChI=1S/C19H27F2N.C19H25F2N/c2*20-16-8-4-14(5-9-16)19(13-18-3-1-2-12-22-18)15-6-10-17(21)11-7-15/h1-3,12,14-17,19H,4-11,13H2;1-3,12-17H,4-11H2. The second-order valence-corrected chi connectivity index (χ2v) is 14.0. The third-order valence-electron chi connectivity index (χ3n) is 11.0. The highest BCUT2D eigenvalue weighted by molar-refractivity contribution is 5.50. The summed E-state index contributed by atoms with van der Waals surface area (Å²) in [7, 11) is 0. The van der Waals surface area contributed by atoms with E-state index in [1.54, 1.807) is 6.20 Å². The highest BCUT2D eigenvalue weighted by Gasteiger charge is 2.35. The minimum atomic E-state index is -0.631. The van der Waals surface area contributed by atoms with E-state index in [2.05, 4.69) is 22.1 Å². The van der Waals surface area contributed by atoms with Crippen LogP contribution in [0.4, 0.5) is 17.6 Å². The van der Waals surface area contributed by atoms with Crippen LogP contribution >= 0.6 is 0 Å². The number of pyridine rings is 2. The van der Waals surface area contributed by atoms with Gasteiger partial charge in [0.15, 0.2) is 0 Å². The summed E-state index contributed by atoms with van der Waals surface area (Å²) in [5, 5.41) is 0. The van der Waals surface area contributed by atoms with Crippen LogP contribution in [-0.2, 0) is 6.42 Å². The summed E-state index contributed by atoms with van der Waals surface area (Å²) < 4.78 is 53.9. The predicted molar refractivity (Wildman–Crippen MR) is 171 cm³/mol. The van der Waals surface area contributed by atoms with Crippen molar-refractivity contribution in [3.05, 3.63) is 65.8 Å². The van der Waals surface area contributed by atoms with Crippen molar-refractivity contribution in [3.63, 3.8) is 0 Å². The molecule has 242 valence electrons. The number of hydrogen-bond donors (Lipinski definition) is 0. The van der Waals surface area contributed by atoms with Crippen LogP contribution in [0.3, 0.4) is 0 Å². The Hall–Kier alpha value is -2.24. The second-order valence-electron chi connectivity index (χ2n) is 14.0. The van der Waals surface area contributed by atoms with Crippen LogP contribution in [0.15, 0.2) is 54.4 Å². The van der Waals surface area contributed by atoms with Crippen molar-refractivity contribution in [2.24, 2.45) is 29.6 Å². The molecule has 0 atom stereocenters. The van der Waals surface area contributed by atoms with Gasteiger partial charge in [-0.3, -0.25) is 9.97 Å². The average Bonchev–Trinajstić information content (AvgIpc) is 3.06. The summed E-state index contributed by atoms with van der Waals surface area (Å²) in [6.45, 7) is 0. The van der Waals surface area contributed by atoms with E-state index in [9.17, 15) is 17.6 Å². The minimum Gasteiger partial charge on any atom is -0.261 e. The zero-order valence-electron chi connectivity index (χ0n) is 26.3. The first kappa shape index (κ1) is 33.1. The molecular weight excluding hydrogens is 560 g/mol. The molecule has 2 nitrogen and oxygen atoms in total. The van der Waals surface area contributed by atoms with Crippen LogP contribution in [0.2, 0.25) is 0 Å². The van der Waals surface area contributed by atoms with E-state index in [1.165, 1.54) is 5.57 Å².